The largest absolute Gasteiger partial charge is 0.487 e. The first-order valence-electron chi connectivity index (χ1n) is 6.21. The summed E-state index contributed by atoms with van der Waals surface area (Å²) in [7, 11) is -3.49. The summed E-state index contributed by atoms with van der Waals surface area (Å²) in [4.78, 5) is 0.199. The number of nitrogens with one attached hydrogen (secondary N) is 1. The predicted octanol–water partition coefficient (Wildman–Crippen LogP) is 1.04. The van der Waals surface area contributed by atoms with Gasteiger partial charge in [-0.15, -0.1) is 0 Å². The van der Waals surface area contributed by atoms with E-state index in [0.717, 1.165) is 18.4 Å². The van der Waals surface area contributed by atoms with E-state index in [1.807, 2.05) is 0 Å². The van der Waals surface area contributed by atoms with Gasteiger partial charge in [0, 0.05) is 24.6 Å². The smallest absolute Gasteiger partial charge is 0.240 e. The van der Waals surface area contributed by atoms with Crippen LogP contribution in [0, 0.1) is 0 Å². The Kier molecular flexibility index (Phi) is 3.21. The zero-order chi connectivity index (χ0) is 13.6. The van der Waals surface area contributed by atoms with E-state index in [4.69, 9.17) is 22.1 Å². The molecule has 0 radical (unpaired) electrons. The SMILES string of the molecule is NCC1Cc2cc(S(=O)(=O)NC3CC3)cc(Cl)c2O1. The van der Waals surface area contributed by atoms with Crippen LogP contribution in [0.25, 0.3) is 0 Å². The standard InChI is InChI=1S/C12H15ClN2O3S/c13-11-5-10(19(16,17)15-8-1-2-8)4-7-3-9(6-14)18-12(7)11/h4-5,8-9,15H,1-3,6,14H2. The van der Waals surface area contributed by atoms with Crippen molar-refractivity contribution < 1.29 is 13.2 Å². The average molecular weight is 303 g/mol. The Labute approximate surface area is 117 Å². The van der Waals surface area contributed by atoms with Gasteiger partial charge in [0.2, 0.25) is 10.0 Å². The second-order valence-electron chi connectivity index (χ2n) is 4.97. The van der Waals surface area contributed by atoms with Gasteiger partial charge >= 0.3 is 0 Å². The zero-order valence-electron chi connectivity index (χ0n) is 10.2. The van der Waals surface area contributed by atoms with Crippen LogP contribution in [-0.4, -0.2) is 27.1 Å². The van der Waals surface area contributed by atoms with E-state index >= 15 is 0 Å². The van der Waals surface area contributed by atoms with Gasteiger partial charge in [-0.2, -0.15) is 0 Å². The van der Waals surface area contributed by atoms with Crippen LogP contribution in [0.3, 0.4) is 0 Å². The summed E-state index contributed by atoms with van der Waals surface area (Å²) < 4.78 is 32.5. The van der Waals surface area contributed by atoms with Crippen LogP contribution >= 0.6 is 11.6 Å². The molecular weight excluding hydrogens is 288 g/mol. The van der Waals surface area contributed by atoms with Gasteiger partial charge in [-0.25, -0.2) is 13.1 Å². The van der Waals surface area contributed by atoms with Gasteiger partial charge in [-0.1, -0.05) is 11.6 Å². The first kappa shape index (κ1) is 13.2. The van der Waals surface area contributed by atoms with Crippen molar-refractivity contribution in [2.75, 3.05) is 6.54 Å². The van der Waals surface area contributed by atoms with Gasteiger partial charge in [-0.3, -0.25) is 0 Å². The number of rotatable bonds is 4. The maximum Gasteiger partial charge on any atom is 0.240 e. The third-order valence-corrected chi connectivity index (χ3v) is 5.08. The molecule has 1 aliphatic heterocycles. The third kappa shape index (κ3) is 2.58. The lowest BCUT2D eigenvalue weighted by Gasteiger charge is -2.09. The van der Waals surface area contributed by atoms with Crippen molar-refractivity contribution in [1.82, 2.24) is 4.72 Å². The molecule has 0 aromatic heterocycles. The first-order chi connectivity index (χ1) is 8.99. The summed E-state index contributed by atoms with van der Waals surface area (Å²) in [6.07, 6.45) is 2.27. The van der Waals surface area contributed by atoms with Crippen LogP contribution in [0.4, 0.5) is 0 Å². The Bertz CT molecular complexity index is 614. The van der Waals surface area contributed by atoms with E-state index in [1.54, 1.807) is 6.07 Å². The fourth-order valence-corrected chi connectivity index (χ4v) is 3.86. The summed E-state index contributed by atoms with van der Waals surface area (Å²) in [5, 5.41) is 0.324. The summed E-state index contributed by atoms with van der Waals surface area (Å²) in [6, 6.07) is 3.14. The fourth-order valence-electron chi connectivity index (χ4n) is 2.14. The van der Waals surface area contributed by atoms with E-state index in [0.29, 0.717) is 23.7 Å². The minimum Gasteiger partial charge on any atom is -0.487 e. The monoisotopic (exact) mass is 302 g/mol. The van der Waals surface area contributed by atoms with Gasteiger partial charge in [0.25, 0.3) is 0 Å². The Morgan fingerprint density at radius 1 is 1.42 bits per heavy atom. The highest BCUT2D eigenvalue weighted by Crippen LogP contribution is 2.38. The predicted molar refractivity (Wildman–Crippen MR) is 72.0 cm³/mol. The van der Waals surface area contributed by atoms with Crippen LogP contribution in [0.2, 0.25) is 5.02 Å². The molecule has 1 aromatic carbocycles. The zero-order valence-corrected chi connectivity index (χ0v) is 11.8. The van der Waals surface area contributed by atoms with Crippen LogP contribution in [0.1, 0.15) is 18.4 Å². The van der Waals surface area contributed by atoms with Crippen molar-refractivity contribution in [1.29, 1.82) is 0 Å². The number of hydrogen-bond acceptors (Lipinski definition) is 4. The van der Waals surface area contributed by atoms with Gasteiger partial charge in [0.05, 0.1) is 9.92 Å². The highest BCUT2D eigenvalue weighted by atomic mass is 35.5. The van der Waals surface area contributed by atoms with Crippen molar-refractivity contribution in [2.24, 2.45) is 5.73 Å². The number of hydrogen-bond donors (Lipinski definition) is 2. The van der Waals surface area contributed by atoms with Crippen LogP contribution in [0.15, 0.2) is 17.0 Å². The molecule has 1 unspecified atom stereocenters. The van der Waals surface area contributed by atoms with Crippen LogP contribution < -0.4 is 15.2 Å². The van der Waals surface area contributed by atoms with Crippen molar-refractivity contribution in [2.45, 2.75) is 36.3 Å². The quantitative estimate of drug-likeness (QED) is 0.871. The summed E-state index contributed by atoms with van der Waals surface area (Å²) in [5.41, 5.74) is 6.37. The van der Waals surface area contributed by atoms with Gasteiger partial charge in [-0.05, 0) is 25.0 Å². The second kappa shape index (κ2) is 4.63. The lowest BCUT2D eigenvalue weighted by atomic mass is 10.1. The molecule has 5 nitrogen and oxygen atoms in total. The topological polar surface area (TPSA) is 81.4 Å². The molecule has 2 aliphatic rings. The molecule has 3 N–H and O–H groups in total. The lowest BCUT2D eigenvalue weighted by Crippen LogP contribution is -2.25. The highest BCUT2D eigenvalue weighted by molar-refractivity contribution is 7.89. The Morgan fingerprint density at radius 3 is 2.79 bits per heavy atom. The number of benzene rings is 1. The molecule has 104 valence electrons. The summed E-state index contributed by atoms with van der Waals surface area (Å²) in [5.74, 6) is 0.558. The van der Waals surface area contributed by atoms with Crippen molar-refractivity contribution in [3.05, 3.63) is 22.7 Å². The Hall–Kier alpha value is -0.820. The van der Waals surface area contributed by atoms with E-state index in [-0.39, 0.29) is 17.0 Å². The molecule has 1 saturated carbocycles. The molecule has 1 aliphatic carbocycles. The number of nitrogens with two attached hydrogens (primary N) is 1. The van der Waals surface area contributed by atoms with Gasteiger partial charge < -0.3 is 10.5 Å². The maximum atomic E-state index is 12.2. The molecule has 0 amide bonds. The summed E-state index contributed by atoms with van der Waals surface area (Å²) >= 11 is 6.10. The number of halogens is 1. The molecule has 1 heterocycles. The average Bonchev–Trinajstić information content (AvgIpc) is 3.04. The van der Waals surface area contributed by atoms with Crippen LogP contribution in [0.5, 0.6) is 5.75 Å². The lowest BCUT2D eigenvalue weighted by molar-refractivity contribution is 0.241. The molecule has 19 heavy (non-hydrogen) atoms. The normalized spacial score (nSPS) is 22.1. The van der Waals surface area contributed by atoms with Crippen molar-refractivity contribution in [3.8, 4) is 5.75 Å². The molecule has 1 atom stereocenters. The molecule has 0 saturated heterocycles. The highest BCUT2D eigenvalue weighted by Gasteiger charge is 2.31. The van der Waals surface area contributed by atoms with E-state index < -0.39 is 10.0 Å². The Morgan fingerprint density at radius 2 is 2.16 bits per heavy atom. The molecule has 0 bridgehead atoms. The number of fused-ring (bicyclic) bond motifs is 1. The van der Waals surface area contributed by atoms with Gasteiger partial charge in [0.1, 0.15) is 11.9 Å². The van der Waals surface area contributed by atoms with Gasteiger partial charge in [0.15, 0.2) is 0 Å². The van der Waals surface area contributed by atoms with Crippen molar-refractivity contribution >= 4 is 21.6 Å². The Balaban J connectivity index is 1.94. The van der Waals surface area contributed by atoms with E-state index in [9.17, 15) is 8.42 Å². The molecular formula is C12H15ClN2O3S. The first-order valence-corrected chi connectivity index (χ1v) is 8.07. The minimum atomic E-state index is -3.49. The van der Waals surface area contributed by atoms with Crippen LogP contribution in [-0.2, 0) is 16.4 Å². The molecule has 3 rings (SSSR count). The fraction of sp³-hybridized carbons (Fsp3) is 0.500. The molecule has 1 fully saturated rings. The maximum absolute atomic E-state index is 12.2. The molecule has 0 spiro atoms. The summed E-state index contributed by atoms with van der Waals surface area (Å²) in [6.45, 7) is 0.382. The molecule has 7 heteroatoms. The molecule has 1 aromatic rings. The number of ether oxygens (including phenoxy) is 1. The van der Waals surface area contributed by atoms with E-state index in [1.165, 1.54) is 6.07 Å². The van der Waals surface area contributed by atoms with Crippen molar-refractivity contribution in [3.63, 3.8) is 0 Å². The third-order valence-electron chi connectivity index (χ3n) is 3.30. The second-order valence-corrected chi connectivity index (χ2v) is 7.09. The minimum absolute atomic E-state index is 0.0741. The number of sulfonamides is 1. The van der Waals surface area contributed by atoms with E-state index in [2.05, 4.69) is 4.72 Å².